The molecule has 2 rings (SSSR count). The van der Waals surface area contributed by atoms with E-state index < -0.39 is 26.9 Å². The summed E-state index contributed by atoms with van der Waals surface area (Å²) in [4.78, 5) is 2.17. The lowest BCUT2D eigenvalue weighted by Gasteiger charge is -2.07. The smallest absolute Gasteiger partial charge is 0.343 e. The van der Waals surface area contributed by atoms with Crippen LogP contribution in [0.25, 0.3) is 10.9 Å². The van der Waals surface area contributed by atoms with Crippen LogP contribution in [0.4, 0.5) is 13.2 Å². The Kier molecular flexibility index (Phi) is 3.10. The molecule has 104 valence electrons. The number of fused-ring (bicyclic) bond motifs is 1. The van der Waals surface area contributed by atoms with Gasteiger partial charge in [-0.05, 0) is 12.0 Å². The molecule has 0 unspecified atom stereocenters. The molecule has 0 saturated carbocycles. The maximum atomic E-state index is 13.0. The highest BCUT2D eigenvalue weighted by Gasteiger charge is 2.40. The lowest BCUT2D eigenvalue weighted by Crippen LogP contribution is -2.11. The zero-order chi connectivity index (χ0) is 14.4. The number of para-hydroxylation sites is 1. The van der Waals surface area contributed by atoms with Crippen molar-refractivity contribution in [1.82, 2.24) is 4.98 Å². The minimum absolute atomic E-state index is 0.0740. The number of rotatable bonds is 2. The largest absolute Gasteiger partial charge is 0.419 e. The number of hydrogen-bond acceptors (Lipinski definition) is 2. The lowest BCUT2D eigenvalue weighted by molar-refractivity contribution is -0.138. The number of H-pyrrole nitrogens is 1. The van der Waals surface area contributed by atoms with Crippen molar-refractivity contribution < 1.29 is 26.1 Å². The molecule has 0 spiro atoms. The van der Waals surface area contributed by atoms with Gasteiger partial charge in [-0.3, -0.25) is 4.55 Å². The summed E-state index contributed by atoms with van der Waals surface area (Å²) in [5, 5.41) is -1.48. The van der Waals surface area contributed by atoms with Gasteiger partial charge in [-0.15, -0.1) is 0 Å². The first-order chi connectivity index (χ1) is 8.66. The monoisotopic (exact) mass is 293 g/mol. The van der Waals surface area contributed by atoms with Gasteiger partial charge in [0.1, 0.15) is 5.56 Å². The quantitative estimate of drug-likeness (QED) is 0.836. The highest BCUT2D eigenvalue weighted by atomic mass is 32.2. The first-order valence-electron chi connectivity index (χ1n) is 5.34. The van der Waals surface area contributed by atoms with E-state index in [1.54, 1.807) is 13.0 Å². The molecule has 0 aliphatic rings. The number of halogens is 3. The number of benzene rings is 1. The fraction of sp³-hybridized carbons (Fsp3) is 0.273. The first-order valence-corrected chi connectivity index (χ1v) is 6.78. The summed E-state index contributed by atoms with van der Waals surface area (Å²) in [6, 6.07) is 4.17. The topological polar surface area (TPSA) is 70.2 Å². The Balaban J connectivity index is 2.98. The average Bonchev–Trinajstić information content (AvgIpc) is 2.66. The molecule has 0 aliphatic heterocycles. The fourth-order valence-corrected chi connectivity index (χ4v) is 2.74. The van der Waals surface area contributed by atoms with Gasteiger partial charge < -0.3 is 4.98 Å². The summed E-state index contributed by atoms with van der Waals surface area (Å²) < 4.78 is 70.1. The summed E-state index contributed by atoms with van der Waals surface area (Å²) in [5.41, 5.74) is -0.747. The molecule has 1 aromatic carbocycles. The number of alkyl halides is 3. The second kappa shape index (κ2) is 4.24. The molecule has 0 amide bonds. The van der Waals surface area contributed by atoms with Crippen LogP contribution in [0.2, 0.25) is 0 Å². The van der Waals surface area contributed by atoms with E-state index in [2.05, 4.69) is 4.98 Å². The zero-order valence-corrected chi connectivity index (χ0v) is 10.6. The molecule has 0 fully saturated rings. The Hall–Kier alpha value is -1.54. The Morgan fingerprint density at radius 1 is 1.32 bits per heavy atom. The summed E-state index contributed by atoms with van der Waals surface area (Å²) in [6.45, 7) is 1.73. The van der Waals surface area contributed by atoms with Crippen molar-refractivity contribution in [3.8, 4) is 0 Å². The average molecular weight is 293 g/mol. The molecule has 0 saturated heterocycles. The molecule has 0 bridgehead atoms. The predicted octanol–water partition coefficient (Wildman–Crippen LogP) is 3.00. The number of aromatic nitrogens is 1. The molecule has 0 atom stereocenters. The van der Waals surface area contributed by atoms with Crippen LogP contribution in [0.5, 0.6) is 0 Å². The van der Waals surface area contributed by atoms with E-state index in [1.165, 1.54) is 12.1 Å². The van der Waals surface area contributed by atoms with Crippen molar-refractivity contribution in [3.63, 3.8) is 0 Å². The van der Waals surface area contributed by atoms with Gasteiger partial charge in [-0.1, -0.05) is 25.1 Å². The van der Waals surface area contributed by atoms with E-state index >= 15 is 0 Å². The Morgan fingerprint density at radius 3 is 2.42 bits per heavy atom. The molecular formula is C11H10F3NO3S. The summed E-state index contributed by atoms with van der Waals surface area (Å²) in [7, 11) is -4.98. The van der Waals surface area contributed by atoms with Gasteiger partial charge in [0, 0.05) is 5.39 Å². The molecule has 0 radical (unpaired) electrons. The van der Waals surface area contributed by atoms with Crippen molar-refractivity contribution in [2.24, 2.45) is 0 Å². The van der Waals surface area contributed by atoms with Crippen molar-refractivity contribution in [2.75, 3.05) is 0 Å². The molecule has 2 N–H and O–H groups in total. The van der Waals surface area contributed by atoms with Crippen LogP contribution in [0.1, 0.15) is 18.1 Å². The van der Waals surface area contributed by atoms with Crippen LogP contribution in [0.15, 0.2) is 23.2 Å². The number of nitrogens with one attached hydrogen (secondary N) is 1. The SMILES string of the molecule is CCc1cccc2c(C(F)(F)F)c(S(=O)(=O)O)[nH]c12. The minimum atomic E-state index is -4.98. The molecule has 2 aromatic rings. The summed E-state index contributed by atoms with van der Waals surface area (Å²) >= 11 is 0. The van der Waals surface area contributed by atoms with Gasteiger partial charge in [-0.25, -0.2) is 0 Å². The minimum Gasteiger partial charge on any atom is -0.343 e. The van der Waals surface area contributed by atoms with Crippen LogP contribution in [-0.4, -0.2) is 18.0 Å². The zero-order valence-electron chi connectivity index (χ0n) is 9.75. The third-order valence-electron chi connectivity index (χ3n) is 2.81. The maximum Gasteiger partial charge on any atom is 0.419 e. The predicted molar refractivity (Wildman–Crippen MR) is 62.5 cm³/mol. The van der Waals surface area contributed by atoms with Crippen molar-refractivity contribution in [1.29, 1.82) is 0 Å². The maximum absolute atomic E-state index is 13.0. The van der Waals surface area contributed by atoms with Crippen molar-refractivity contribution >= 4 is 21.0 Å². The van der Waals surface area contributed by atoms with E-state index in [1.807, 2.05) is 0 Å². The Morgan fingerprint density at radius 2 is 1.95 bits per heavy atom. The number of aromatic amines is 1. The molecular weight excluding hydrogens is 283 g/mol. The molecule has 0 aliphatic carbocycles. The summed E-state index contributed by atoms with van der Waals surface area (Å²) in [5.74, 6) is 0. The highest BCUT2D eigenvalue weighted by molar-refractivity contribution is 7.85. The van der Waals surface area contributed by atoms with Gasteiger partial charge >= 0.3 is 16.3 Å². The van der Waals surface area contributed by atoms with Gasteiger partial charge in [0.05, 0.1) is 5.52 Å². The van der Waals surface area contributed by atoms with E-state index in [4.69, 9.17) is 4.55 Å². The fourth-order valence-electron chi connectivity index (χ4n) is 2.02. The van der Waals surface area contributed by atoms with Gasteiger partial charge in [-0.2, -0.15) is 21.6 Å². The van der Waals surface area contributed by atoms with Crippen LogP contribution in [-0.2, 0) is 22.7 Å². The number of hydrogen-bond donors (Lipinski definition) is 2. The van der Waals surface area contributed by atoms with Crippen LogP contribution in [0.3, 0.4) is 0 Å². The summed E-state index contributed by atoms with van der Waals surface area (Å²) in [6.07, 6.45) is -4.45. The lowest BCUT2D eigenvalue weighted by atomic mass is 10.1. The van der Waals surface area contributed by atoms with Crippen LogP contribution < -0.4 is 0 Å². The van der Waals surface area contributed by atoms with Gasteiger partial charge in [0.25, 0.3) is 0 Å². The van der Waals surface area contributed by atoms with Crippen molar-refractivity contribution in [2.45, 2.75) is 24.5 Å². The van der Waals surface area contributed by atoms with Gasteiger partial charge in [0.15, 0.2) is 5.03 Å². The second-order valence-electron chi connectivity index (χ2n) is 4.00. The molecule has 19 heavy (non-hydrogen) atoms. The standard InChI is InChI=1S/C11H10F3NO3S/c1-2-6-4-3-5-7-8(11(12,13)14)10(15-9(6)7)19(16,17)18/h3-5,15H,2H2,1H3,(H,16,17,18). The van der Waals surface area contributed by atoms with E-state index in [0.29, 0.717) is 12.0 Å². The Labute approximate surface area is 107 Å². The highest BCUT2D eigenvalue weighted by Crippen LogP contribution is 2.40. The Bertz CT molecular complexity index is 731. The normalized spacial score (nSPS) is 13.1. The molecule has 1 heterocycles. The van der Waals surface area contributed by atoms with Gasteiger partial charge in [0.2, 0.25) is 0 Å². The van der Waals surface area contributed by atoms with Crippen LogP contribution >= 0.6 is 0 Å². The molecule has 4 nitrogen and oxygen atoms in total. The first kappa shape index (κ1) is 13.9. The van der Waals surface area contributed by atoms with E-state index in [-0.39, 0.29) is 10.9 Å². The third-order valence-corrected chi connectivity index (χ3v) is 3.63. The number of aryl methyl sites for hydroxylation is 1. The molecule has 1 aromatic heterocycles. The van der Waals surface area contributed by atoms with Crippen molar-refractivity contribution in [3.05, 3.63) is 29.3 Å². The van der Waals surface area contributed by atoms with E-state index in [0.717, 1.165) is 0 Å². The van der Waals surface area contributed by atoms with Crippen LogP contribution in [0, 0.1) is 0 Å². The molecule has 8 heteroatoms. The van der Waals surface area contributed by atoms with E-state index in [9.17, 15) is 21.6 Å². The second-order valence-corrected chi connectivity index (χ2v) is 5.35. The third kappa shape index (κ3) is 2.33.